The molecule has 0 atom stereocenters. The molecule has 1 aliphatic carbocycles. The van der Waals surface area contributed by atoms with E-state index in [0.29, 0.717) is 16.3 Å². The number of carbonyl (C=O) groups excluding carboxylic acids is 2. The van der Waals surface area contributed by atoms with Crippen molar-refractivity contribution in [1.29, 1.82) is 0 Å². The summed E-state index contributed by atoms with van der Waals surface area (Å²) in [6.45, 7) is 0. The molecule has 3 rings (SSSR count). The molecular weight excluding hydrogens is 340 g/mol. The Bertz CT molecular complexity index is 741. The quantitative estimate of drug-likeness (QED) is 0.628. The number of nitrogens with one attached hydrogen (secondary N) is 1. The van der Waals surface area contributed by atoms with Crippen LogP contribution in [0.5, 0.6) is 0 Å². The predicted octanol–water partition coefficient (Wildman–Crippen LogP) is 3.85. The molecule has 1 heterocycles. The van der Waals surface area contributed by atoms with E-state index in [2.05, 4.69) is 5.32 Å². The molecule has 126 valence electrons. The van der Waals surface area contributed by atoms with E-state index in [1.165, 1.54) is 34.4 Å². The normalized spacial score (nSPS) is 13.8. The molecule has 0 spiro atoms. The summed E-state index contributed by atoms with van der Waals surface area (Å²) in [5.74, 6) is -0.242. The van der Waals surface area contributed by atoms with Crippen molar-refractivity contribution >= 4 is 39.9 Å². The van der Waals surface area contributed by atoms with Gasteiger partial charge in [-0.05, 0) is 43.4 Å². The maximum atomic E-state index is 12.3. The van der Waals surface area contributed by atoms with E-state index in [1.807, 2.05) is 30.3 Å². The molecule has 0 unspecified atom stereocenters. The number of primary amides is 1. The van der Waals surface area contributed by atoms with Crippen molar-refractivity contribution in [3.8, 4) is 0 Å². The first-order valence-electron chi connectivity index (χ1n) is 8.07. The second-order valence-electron chi connectivity index (χ2n) is 5.78. The van der Waals surface area contributed by atoms with Gasteiger partial charge in [-0.25, -0.2) is 0 Å². The van der Waals surface area contributed by atoms with E-state index in [1.54, 1.807) is 0 Å². The van der Waals surface area contributed by atoms with Crippen LogP contribution in [0.2, 0.25) is 0 Å². The molecule has 0 bridgehead atoms. The first-order valence-corrected chi connectivity index (χ1v) is 9.87. The maximum Gasteiger partial charge on any atom is 0.251 e. The van der Waals surface area contributed by atoms with Gasteiger partial charge in [0.15, 0.2) is 0 Å². The Balaban J connectivity index is 1.72. The van der Waals surface area contributed by atoms with Crippen molar-refractivity contribution in [2.75, 3.05) is 11.1 Å². The van der Waals surface area contributed by atoms with Crippen molar-refractivity contribution in [3.05, 3.63) is 46.3 Å². The number of hydrogen-bond acceptors (Lipinski definition) is 4. The molecule has 4 nitrogen and oxygen atoms in total. The first kappa shape index (κ1) is 17.0. The number of carbonyl (C=O) groups is 2. The van der Waals surface area contributed by atoms with E-state index in [-0.39, 0.29) is 5.91 Å². The molecule has 1 aliphatic rings. The lowest BCUT2D eigenvalue weighted by Crippen LogP contribution is -2.19. The molecular formula is C18H20N2O2S2. The van der Waals surface area contributed by atoms with Gasteiger partial charge in [0.25, 0.3) is 5.91 Å². The van der Waals surface area contributed by atoms with Gasteiger partial charge in [0, 0.05) is 9.77 Å². The van der Waals surface area contributed by atoms with Gasteiger partial charge in [-0.15, -0.1) is 23.1 Å². The fourth-order valence-electron chi connectivity index (χ4n) is 2.92. The van der Waals surface area contributed by atoms with E-state index >= 15 is 0 Å². The summed E-state index contributed by atoms with van der Waals surface area (Å²) in [5, 5.41) is 3.52. The molecule has 0 aliphatic heterocycles. The number of thiophene rings is 1. The standard InChI is InChI=1S/C18H20N2O2S2/c19-17(22)16-13-9-5-2-6-10-14(13)24-18(16)20-15(21)11-23-12-7-3-1-4-8-12/h1,3-4,7-8H,2,5-6,9-11H2,(H2,19,22)(H,20,21). The van der Waals surface area contributed by atoms with Crippen LogP contribution in [0.15, 0.2) is 35.2 Å². The Morgan fingerprint density at radius 1 is 1.12 bits per heavy atom. The number of aryl methyl sites for hydroxylation is 1. The highest BCUT2D eigenvalue weighted by Gasteiger charge is 2.24. The van der Waals surface area contributed by atoms with Crippen LogP contribution in [-0.4, -0.2) is 17.6 Å². The predicted molar refractivity (Wildman–Crippen MR) is 99.9 cm³/mol. The van der Waals surface area contributed by atoms with Gasteiger partial charge in [-0.1, -0.05) is 24.6 Å². The number of fused-ring (bicyclic) bond motifs is 1. The van der Waals surface area contributed by atoms with Crippen LogP contribution in [0, 0.1) is 0 Å². The number of amides is 2. The summed E-state index contributed by atoms with van der Waals surface area (Å²) in [6, 6.07) is 9.78. The Kier molecular flexibility index (Phi) is 5.58. The van der Waals surface area contributed by atoms with Crippen LogP contribution in [0.25, 0.3) is 0 Å². The third kappa shape index (κ3) is 3.99. The lowest BCUT2D eigenvalue weighted by Gasteiger charge is -2.06. The zero-order chi connectivity index (χ0) is 16.9. The summed E-state index contributed by atoms with van der Waals surface area (Å²) in [7, 11) is 0. The minimum absolute atomic E-state index is 0.109. The van der Waals surface area contributed by atoms with Gasteiger partial charge in [0.1, 0.15) is 5.00 Å². The van der Waals surface area contributed by atoms with Crippen LogP contribution in [-0.2, 0) is 17.6 Å². The second-order valence-corrected chi connectivity index (χ2v) is 7.94. The molecule has 0 saturated carbocycles. The summed E-state index contributed by atoms with van der Waals surface area (Å²) in [6.07, 6.45) is 5.22. The number of thioether (sulfide) groups is 1. The molecule has 6 heteroatoms. The molecule has 3 N–H and O–H groups in total. The summed E-state index contributed by atoms with van der Waals surface area (Å²) in [4.78, 5) is 26.4. The molecule has 24 heavy (non-hydrogen) atoms. The van der Waals surface area contributed by atoms with Gasteiger partial charge < -0.3 is 11.1 Å². The minimum Gasteiger partial charge on any atom is -0.365 e. The van der Waals surface area contributed by atoms with E-state index in [4.69, 9.17) is 5.73 Å². The lowest BCUT2D eigenvalue weighted by molar-refractivity contribution is -0.113. The number of nitrogens with two attached hydrogens (primary N) is 1. The van der Waals surface area contributed by atoms with Gasteiger partial charge >= 0.3 is 0 Å². The van der Waals surface area contributed by atoms with Crippen molar-refractivity contribution in [2.24, 2.45) is 5.73 Å². The molecule has 1 aromatic carbocycles. The van der Waals surface area contributed by atoms with Crippen molar-refractivity contribution in [3.63, 3.8) is 0 Å². The van der Waals surface area contributed by atoms with Crippen LogP contribution in [0.1, 0.15) is 40.1 Å². The SMILES string of the molecule is NC(=O)c1c(NC(=O)CSc2ccccc2)sc2c1CCCCC2. The molecule has 1 aromatic heterocycles. The zero-order valence-corrected chi connectivity index (χ0v) is 15.0. The monoisotopic (exact) mass is 360 g/mol. The zero-order valence-electron chi connectivity index (χ0n) is 13.3. The van der Waals surface area contributed by atoms with Gasteiger partial charge in [-0.2, -0.15) is 0 Å². The topological polar surface area (TPSA) is 72.2 Å². The summed E-state index contributed by atoms with van der Waals surface area (Å²) in [5.41, 5.74) is 7.16. The average molecular weight is 361 g/mol. The molecule has 2 amide bonds. The van der Waals surface area contributed by atoms with Crippen LogP contribution < -0.4 is 11.1 Å². The fourth-order valence-corrected chi connectivity index (χ4v) is 4.95. The third-order valence-corrected chi connectivity index (χ3v) is 6.25. The first-order chi connectivity index (χ1) is 11.6. The lowest BCUT2D eigenvalue weighted by atomic mass is 10.1. The van der Waals surface area contributed by atoms with E-state index in [9.17, 15) is 9.59 Å². The van der Waals surface area contributed by atoms with Crippen LogP contribution >= 0.6 is 23.1 Å². The van der Waals surface area contributed by atoms with Crippen LogP contribution in [0.4, 0.5) is 5.00 Å². The number of hydrogen-bond donors (Lipinski definition) is 2. The van der Waals surface area contributed by atoms with Crippen molar-refractivity contribution in [2.45, 2.75) is 37.0 Å². The Morgan fingerprint density at radius 3 is 2.62 bits per heavy atom. The highest BCUT2D eigenvalue weighted by atomic mass is 32.2. The molecule has 2 aromatic rings. The van der Waals surface area contributed by atoms with Crippen LogP contribution in [0.3, 0.4) is 0 Å². The Hall–Kier alpha value is -1.79. The van der Waals surface area contributed by atoms with Gasteiger partial charge in [0.2, 0.25) is 5.91 Å². The number of rotatable bonds is 5. The summed E-state index contributed by atoms with van der Waals surface area (Å²) < 4.78 is 0. The smallest absolute Gasteiger partial charge is 0.251 e. The largest absolute Gasteiger partial charge is 0.365 e. The average Bonchev–Trinajstić information content (AvgIpc) is 2.75. The molecule has 0 fully saturated rings. The second kappa shape index (κ2) is 7.85. The fraction of sp³-hybridized carbons (Fsp3) is 0.333. The van der Waals surface area contributed by atoms with Crippen molar-refractivity contribution in [1.82, 2.24) is 0 Å². The minimum atomic E-state index is -0.444. The summed E-state index contributed by atoms with van der Waals surface area (Å²) >= 11 is 2.99. The third-order valence-electron chi connectivity index (χ3n) is 4.03. The number of benzene rings is 1. The highest BCUT2D eigenvalue weighted by Crippen LogP contribution is 2.37. The van der Waals surface area contributed by atoms with E-state index < -0.39 is 5.91 Å². The number of anilines is 1. The van der Waals surface area contributed by atoms with E-state index in [0.717, 1.165) is 36.1 Å². The Morgan fingerprint density at radius 2 is 1.88 bits per heavy atom. The molecule has 0 saturated heterocycles. The van der Waals surface area contributed by atoms with Gasteiger partial charge in [-0.3, -0.25) is 9.59 Å². The highest BCUT2D eigenvalue weighted by molar-refractivity contribution is 8.00. The molecule has 0 radical (unpaired) electrons. The van der Waals surface area contributed by atoms with Gasteiger partial charge in [0.05, 0.1) is 11.3 Å². The van der Waals surface area contributed by atoms with Crippen molar-refractivity contribution < 1.29 is 9.59 Å². The maximum absolute atomic E-state index is 12.3. The Labute approximate surface area is 149 Å².